The fourth-order valence-electron chi connectivity index (χ4n) is 0.859. The first kappa shape index (κ1) is 8.49. The largest absolute Gasteiger partial charge is 0.376 e. The summed E-state index contributed by atoms with van der Waals surface area (Å²) < 4.78 is 4.85. The summed E-state index contributed by atoms with van der Waals surface area (Å²) in [6.07, 6.45) is 0. The lowest BCUT2D eigenvalue weighted by molar-refractivity contribution is -0.143. The molecule has 4 nitrogen and oxygen atoms in total. The molecule has 1 aliphatic heterocycles. The van der Waals surface area contributed by atoms with E-state index in [2.05, 4.69) is 5.32 Å². The Morgan fingerprint density at radius 2 is 2.18 bits per heavy atom. The van der Waals surface area contributed by atoms with Crippen molar-refractivity contribution in [1.82, 2.24) is 5.32 Å². The zero-order valence-corrected chi connectivity index (χ0v) is 6.89. The first-order chi connectivity index (χ1) is 5.04. The third-order valence-electron chi connectivity index (χ3n) is 1.59. The molecule has 1 saturated heterocycles. The van der Waals surface area contributed by atoms with E-state index in [0.29, 0.717) is 13.2 Å². The summed E-state index contributed by atoms with van der Waals surface area (Å²) in [5, 5.41) is 2.74. The number of carbonyl (C=O) groups excluding carboxylic acids is 1. The van der Waals surface area contributed by atoms with Crippen LogP contribution < -0.4 is 11.1 Å². The van der Waals surface area contributed by atoms with Crippen molar-refractivity contribution in [3.63, 3.8) is 0 Å². The van der Waals surface area contributed by atoms with Gasteiger partial charge in [0.15, 0.2) is 0 Å². The van der Waals surface area contributed by atoms with Crippen LogP contribution in [-0.4, -0.2) is 30.7 Å². The van der Waals surface area contributed by atoms with Gasteiger partial charge in [0.25, 0.3) is 0 Å². The Hall–Kier alpha value is -0.610. The van der Waals surface area contributed by atoms with Crippen LogP contribution in [0.4, 0.5) is 0 Å². The molecule has 1 rings (SSSR count). The Balaban J connectivity index is 2.40. The molecule has 0 bridgehead atoms. The lowest BCUT2D eigenvalue weighted by Gasteiger charge is -2.36. The van der Waals surface area contributed by atoms with Crippen molar-refractivity contribution in [3.8, 4) is 0 Å². The maximum Gasteiger partial charge on any atom is 0.245 e. The van der Waals surface area contributed by atoms with Gasteiger partial charge in [0.2, 0.25) is 5.91 Å². The van der Waals surface area contributed by atoms with E-state index in [4.69, 9.17) is 10.5 Å². The molecule has 1 heterocycles. The zero-order valence-electron chi connectivity index (χ0n) is 6.89. The molecule has 1 aliphatic rings. The van der Waals surface area contributed by atoms with E-state index in [-0.39, 0.29) is 11.9 Å². The Morgan fingerprint density at radius 1 is 1.64 bits per heavy atom. The second kappa shape index (κ2) is 2.79. The van der Waals surface area contributed by atoms with Crippen LogP contribution in [0, 0.1) is 0 Å². The highest BCUT2D eigenvalue weighted by Crippen LogP contribution is 2.13. The molecule has 64 valence electrons. The minimum Gasteiger partial charge on any atom is -0.376 e. The van der Waals surface area contributed by atoms with Crippen molar-refractivity contribution in [3.05, 3.63) is 0 Å². The molecular weight excluding hydrogens is 144 g/mol. The van der Waals surface area contributed by atoms with Gasteiger partial charge in [-0.2, -0.15) is 0 Å². The summed E-state index contributed by atoms with van der Waals surface area (Å²) in [5.41, 5.74) is 4.90. The van der Waals surface area contributed by atoms with E-state index >= 15 is 0 Å². The molecule has 0 radical (unpaired) electrons. The standard InChI is InChI=1S/C7H14N2O2/c1-5(2)9-6(10)7(8)3-11-4-7/h5H,3-4,8H2,1-2H3,(H,9,10). The van der Waals surface area contributed by atoms with Gasteiger partial charge in [0.05, 0.1) is 13.2 Å². The molecule has 0 aromatic rings. The van der Waals surface area contributed by atoms with Crippen LogP contribution in [0.25, 0.3) is 0 Å². The molecule has 0 aromatic heterocycles. The number of nitrogens with two attached hydrogens (primary N) is 1. The molecule has 11 heavy (non-hydrogen) atoms. The van der Waals surface area contributed by atoms with E-state index in [1.54, 1.807) is 0 Å². The molecule has 0 saturated carbocycles. The monoisotopic (exact) mass is 158 g/mol. The number of amides is 1. The second-order valence-electron chi connectivity index (χ2n) is 3.28. The molecule has 0 aliphatic carbocycles. The van der Waals surface area contributed by atoms with Gasteiger partial charge < -0.3 is 15.8 Å². The van der Waals surface area contributed by atoms with Crippen LogP contribution >= 0.6 is 0 Å². The van der Waals surface area contributed by atoms with Gasteiger partial charge >= 0.3 is 0 Å². The summed E-state index contributed by atoms with van der Waals surface area (Å²) in [6.45, 7) is 4.48. The van der Waals surface area contributed by atoms with Gasteiger partial charge in [0, 0.05) is 6.04 Å². The molecule has 0 atom stereocenters. The van der Waals surface area contributed by atoms with Gasteiger partial charge in [-0.15, -0.1) is 0 Å². The fraction of sp³-hybridized carbons (Fsp3) is 0.857. The van der Waals surface area contributed by atoms with Crippen molar-refractivity contribution in [2.75, 3.05) is 13.2 Å². The number of carbonyl (C=O) groups is 1. The van der Waals surface area contributed by atoms with E-state index in [1.807, 2.05) is 13.8 Å². The molecule has 1 fully saturated rings. The third kappa shape index (κ3) is 1.70. The molecule has 0 spiro atoms. The lowest BCUT2D eigenvalue weighted by atomic mass is 9.98. The van der Waals surface area contributed by atoms with E-state index in [1.165, 1.54) is 0 Å². The molecule has 4 heteroatoms. The number of rotatable bonds is 2. The second-order valence-corrected chi connectivity index (χ2v) is 3.28. The highest BCUT2D eigenvalue weighted by Gasteiger charge is 2.41. The quantitative estimate of drug-likeness (QED) is 0.555. The highest BCUT2D eigenvalue weighted by atomic mass is 16.5. The van der Waals surface area contributed by atoms with Crippen molar-refractivity contribution in [1.29, 1.82) is 0 Å². The first-order valence-corrected chi connectivity index (χ1v) is 3.72. The summed E-state index contributed by atoms with van der Waals surface area (Å²) in [4.78, 5) is 11.2. The molecule has 1 amide bonds. The Kier molecular flexibility index (Phi) is 2.15. The predicted octanol–water partition coefficient (Wildman–Crippen LogP) is -0.761. The number of hydrogen-bond donors (Lipinski definition) is 2. The van der Waals surface area contributed by atoms with Crippen molar-refractivity contribution in [2.24, 2.45) is 5.73 Å². The molecule has 3 N–H and O–H groups in total. The van der Waals surface area contributed by atoms with Crippen LogP contribution in [0.3, 0.4) is 0 Å². The van der Waals surface area contributed by atoms with Crippen LogP contribution in [0.2, 0.25) is 0 Å². The highest BCUT2D eigenvalue weighted by molar-refractivity contribution is 5.87. The summed E-state index contributed by atoms with van der Waals surface area (Å²) in [5.74, 6) is -0.112. The van der Waals surface area contributed by atoms with Crippen LogP contribution in [0.1, 0.15) is 13.8 Å². The van der Waals surface area contributed by atoms with Crippen molar-refractivity contribution < 1.29 is 9.53 Å². The van der Waals surface area contributed by atoms with Gasteiger partial charge in [-0.25, -0.2) is 0 Å². The SMILES string of the molecule is CC(C)NC(=O)C1(N)COC1. The summed E-state index contributed by atoms with van der Waals surface area (Å²) in [6, 6.07) is 0.142. The predicted molar refractivity (Wildman–Crippen MR) is 41.0 cm³/mol. The Labute approximate surface area is 66.1 Å². The van der Waals surface area contributed by atoms with Crippen LogP contribution in [0.5, 0.6) is 0 Å². The first-order valence-electron chi connectivity index (χ1n) is 3.72. The number of ether oxygens (including phenoxy) is 1. The van der Waals surface area contributed by atoms with Crippen LogP contribution in [0.15, 0.2) is 0 Å². The third-order valence-corrected chi connectivity index (χ3v) is 1.59. The average Bonchev–Trinajstić information content (AvgIpc) is 1.81. The summed E-state index contributed by atoms with van der Waals surface area (Å²) >= 11 is 0. The van der Waals surface area contributed by atoms with Gasteiger partial charge in [-0.3, -0.25) is 4.79 Å². The zero-order chi connectivity index (χ0) is 8.48. The van der Waals surface area contributed by atoms with Crippen LogP contribution in [-0.2, 0) is 9.53 Å². The van der Waals surface area contributed by atoms with Crippen molar-refractivity contribution in [2.45, 2.75) is 25.4 Å². The minimum atomic E-state index is -0.760. The lowest BCUT2D eigenvalue weighted by Crippen LogP contribution is -2.67. The number of nitrogens with one attached hydrogen (secondary N) is 1. The topological polar surface area (TPSA) is 64.4 Å². The molecular formula is C7H14N2O2. The number of hydrogen-bond acceptors (Lipinski definition) is 3. The van der Waals surface area contributed by atoms with Gasteiger partial charge in [-0.05, 0) is 13.8 Å². The van der Waals surface area contributed by atoms with Gasteiger partial charge in [-0.1, -0.05) is 0 Å². The normalized spacial score (nSPS) is 21.1. The fourth-order valence-corrected chi connectivity index (χ4v) is 0.859. The minimum absolute atomic E-state index is 0.112. The Morgan fingerprint density at radius 3 is 2.45 bits per heavy atom. The van der Waals surface area contributed by atoms with E-state index < -0.39 is 5.54 Å². The summed E-state index contributed by atoms with van der Waals surface area (Å²) in [7, 11) is 0. The molecule has 0 aromatic carbocycles. The Bertz CT molecular complexity index is 164. The average molecular weight is 158 g/mol. The maximum absolute atomic E-state index is 11.2. The molecule has 0 unspecified atom stereocenters. The van der Waals surface area contributed by atoms with Crippen molar-refractivity contribution >= 4 is 5.91 Å². The van der Waals surface area contributed by atoms with E-state index in [0.717, 1.165) is 0 Å². The smallest absolute Gasteiger partial charge is 0.245 e. The van der Waals surface area contributed by atoms with Gasteiger partial charge in [0.1, 0.15) is 5.54 Å². The van der Waals surface area contributed by atoms with E-state index in [9.17, 15) is 4.79 Å². The maximum atomic E-state index is 11.2.